The van der Waals surface area contributed by atoms with Gasteiger partial charge in [-0.05, 0) is 26.7 Å². The fourth-order valence-electron chi connectivity index (χ4n) is 2.43. The van der Waals surface area contributed by atoms with Crippen molar-refractivity contribution >= 4 is 5.91 Å². The number of amides is 1. The van der Waals surface area contributed by atoms with E-state index in [0.29, 0.717) is 12.8 Å². The molecule has 0 aromatic carbocycles. The predicted molar refractivity (Wildman–Crippen MR) is 70.4 cm³/mol. The van der Waals surface area contributed by atoms with Gasteiger partial charge in [-0.3, -0.25) is 4.79 Å². The Hall–Kier alpha value is -1.55. The highest BCUT2D eigenvalue weighted by atomic mass is 19.3. The van der Waals surface area contributed by atoms with Crippen molar-refractivity contribution in [2.45, 2.75) is 63.8 Å². The molecule has 0 aliphatic heterocycles. The minimum atomic E-state index is -2.72. The highest BCUT2D eigenvalue weighted by Gasteiger charge is 2.46. The third-order valence-corrected chi connectivity index (χ3v) is 3.23. The summed E-state index contributed by atoms with van der Waals surface area (Å²) in [5.74, 6) is 7.77. The summed E-state index contributed by atoms with van der Waals surface area (Å²) in [4.78, 5) is 11.7. The molecule has 0 bridgehead atoms. The first-order valence-corrected chi connectivity index (χ1v) is 6.41. The lowest BCUT2D eigenvalue weighted by atomic mass is 9.77. The molecule has 0 aromatic heterocycles. The van der Waals surface area contributed by atoms with Gasteiger partial charge in [-0.2, -0.15) is 0 Å². The average Bonchev–Trinajstić information content (AvgIpc) is 2.32. The van der Waals surface area contributed by atoms with Gasteiger partial charge in [0, 0.05) is 19.3 Å². The molecule has 1 amide bonds. The second-order valence-corrected chi connectivity index (χ2v) is 4.92. The molecule has 1 saturated carbocycles. The first-order valence-electron chi connectivity index (χ1n) is 6.41. The first kappa shape index (κ1) is 15.5. The zero-order chi connectivity index (χ0) is 14.4. The number of rotatable bonds is 3. The van der Waals surface area contributed by atoms with Gasteiger partial charge >= 0.3 is 0 Å². The minimum absolute atomic E-state index is 0.0450. The van der Waals surface area contributed by atoms with Crippen LogP contribution in [0.3, 0.4) is 0 Å². The van der Waals surface area contributed by atoms with Gasteiger partial charge in [0.1, 0.15) is 0 Å². The number of halogens is 2. The Morgan fingerprint density at radius 1 is 1.21 bits per heavy atom. The number of nitrogens with one attached hydrogen (secondary N) is 1. The van der Waals surface area contributed by atoms with E-state index in [1.54, 1.807) is 13.8 Å². The van der Waals surface area contributed by atoms with E-state index in [4.69, 9.17) is 0 Å². The molecule has 1 aliphatic carbocycles. The minimum Gasteiger partial charge on any atom is -0.349 e. The van der Waals surface area contributed by atoms with Gasteiger partial charge in [-0.15, -0.1) is 17.8 Å². The van der Waals surface area contributed by atoms with Crippen LogP contribution in [-0.4, -0.2) is 17.4 Å². The Kier molecular flexibility index (Phi) is 5.36. The molecule has 0 spiro atoms. The van der Waals surface area contributed by atoms with Gasteiger partial charge in [0.2, 0.25) is 11.8 Å². The molecule has 1 atom stereocenters. The van der Waals surface area contributed by atoms with Crippen molar-refractivity contribution in [2.75, 3.05) is 0 Å². The monoisotopic (exact) mass is 267 g/mol. The third-order valence-electron chi connectivity index (χ3n) is 3.23. The average molecular weight is 267 g/mol. The fraction of sp³-hybridized carbons (Fsp3) is 0.667. The highest BCUT2D eigenvalue weighted by Crippen LogP contribution is 2.40. The number of hydrogen-bond donors (Lipinski definition) is 1. The lowest BCUT2D eigenvalue weighted by Crippen LogP contribution is -2.53. The molecule has 2 nitrogen and oxygen atoms in total. The van der Waals surface area contributed by atoms with Gasteiger partial charge in [0.05, 0.1) is 12.0 Å². The molecule has 0 radical (unpaired) electrons. The summed E-state index contributed by atoms with van der Waals surface area (Å²) in [6.07, 6.45) is 0.813. The summed E-state index contributed by atoms with van der Waals surface area (Å²) in [6, 6.07) is 0. The smallest absolute Gasteiger partial charge is 0.250 e. The highest BCUT2D eigenvalue weighted by molar-refractivity contribution is 5.79. The number of hydrogen-bond acceptors (Lipinski definition) is 1. The van der Waals surface area contributed by atoms with Crippen LogP contribution in [0.25, 0.3) is 0 Å². The van der Waals surface area contributed by atoms with Crippen LogP contribution in [0.4, 0.5) is 8.78 Å². The summed E-state index contributed by atoms with van der Waals surface area (Å²) in [7, 11) is 0. The van der Waals surface area contributed by atoms with Crippen molar-refractivity contribution in [1.82, 2.24) is 5.32 Å². The van der Waals surface area contributed by atoms with Crippen LogP contribution < -0.4 is 5.32 Å². The zero-order valence-electron chi connectivity index (χ0n) is 11.4. The number of carbonyl (C=O) groups excluding carboxylic acids is 1. The molecule has 104 valence electrons. The Labute approximate surface area is 113 Å². The van der Waals surface area contributed by atoms with Crippen molar-refractivity contribution in [2.24, 2.45) is 0 Å². The first-order chi connectivity index (χ1) is 8.93. The van der Waals surface area contributed by atoms with Crippen LogP contribution in [0, 0.1) is 23.7 Å². The van der Waals surface area contributed by atoms with Crippen LogP contribution in [0.5, 0.6) is 0 Å². The molecule has 1 fully saturated rings. The van der Waals surface area contributed by atoms with Crippen molar-refractivity contribution in [1.29, 1.82) is 0 Å². The molecule has 0 saturated heterocycles. The lowest BCUT2D eigenvalue weighted by Gasteiger charge is -2.40. The standard InChI is InChI=1S/C15H19F2NO/c1-3-5-8-13(19)18-14(9-6-4-2)10-7-11-15(16,17)12-14/h7-12H2,1-2H3,(H,18,19). The van der Waals surface area contributed by atoms with Gasteiger partial charge < -0.3 is 5.32 Å². The van der Waals surface area contributed by atoms with Crippen LogP contribution in [-0.2, 0) is 4.79 Å². The third kappa shape index (κ3) is 4.91. The van der Waals surface area contributed by atoms with E-state index in [9.17, 15) is 13.6 Å². The molecule has 1 aliphatic rings. The Bertz CT molecular complexity index is 450. The normalized spacial score (nSPS) is 24.4. The van der Waals surface area contributed by atoms with E-state index in [0.717, 1.165) is 0 Å². The van der Waals surface area contributed by atoms with Crippen molar-refractivity contribution < 1.29 is 13.6 Å². The maximum absolute atomic E-state index is 13.6. The Morgan fingerprint density at radius 3 is 2.47 bits per heavy atom. The molecule has 1 rings (SSSR count). The molecule has 1 unspecified atom stereocenters. The van der Waals surface area contributed by atoms with Crippen molar-refractivity contribution in [3.05, 3.63) is 0 Å². The predicted octanol–water partition coefficient (Wildman–Crippen LogP) is 2.88. The molecular formula is C15H19F2NO. The maximum Gasteiger partial charge on any atom is 0.250 e. The quantitative estimate of drug-likeness (QED) is 0.783. The van der Waals surface area contributed by atoms with Gasteiger partial charge in [0.25, 0.3) is 0 Å². The fourth-order valence-corrected chi connectivity index (χ4v) is 2.43. The molecule has 0 heterocycles. The van der Waals surface area contributed by atoms with Crippen LogP contribution in [0.15, 0.2) is 0 Å². The van der Waals surface area contributed by atoms with Crippen LogP contribution in [0.2, 0.25) is 0 Å². The van der Waals surface area contributed by atoms with Crippen molar-refractivity contribution in [3.8, 4) is 23.7 Å². The van der Waals surface area contributed by atoms with Crippen LogP contribution in [0.1, 0.15) is 52.4 Å². The van der Waals surface area contributed by atoms with Crippen LogP contribution >= 0.6 is 0 Å². The molecule has 0 aromatic rings. The molecule has 19 heavy (non-hydrogen) atoms. The Morgan fingerprint density at radius 2 is 1.89 bits per heavy atom. The van der Waals surface area contributed by atoms with Crippen molar-refractivity contribution in [3.63, 3.8) is 0 Å². The maximum atomic E-state index is 13.6. The molecule has 1 N–H and O–H groups in total. The lowest BCUT2D eigenvalue weighted by molar-refractivity contribution is -0.125. The summed E-state index contributed by atoms with van der Waals surface area (Å²) >= 11 is 0. The van der Waals surface area contributed by atoms with E-state index in [-0.39, 0.29) is 31.6 Å². The van der Waals surface area contributed by atoms with E-state index in [1.165, 1.54) is 0 Å². The molecule has 4 heteroatoms. The zero-order valence-corrected chi connectivity index (χ0v) is 11.4. The SMILES string of the molecule is CC#CCC(=O)NC1(CC#CC)CCCC(F)(F)C1. The molecular weight excluding hydrogens is 248 g/mol. The van der Waals surface area contributed by atoms with Gasteiger partial charge in [0.15, 0.2) is 0 Å². The van der Waals surface area contributed by atoms with E-state index in [1.807, 2.05) is 0 Å². The number of alkyl halides is 2. The summed E-state index contributed by atoms with van der Waals surface area (Å²) in [5, 5.41) is 2.73. The topological polar surface area (TPSA) is 29.1 Å². The summed E-state index contributed by atoms with van der Waals surface area (Å²) < 4.78 is 27.2. The Balaban J connectivity index is 2.81. The van der Waals surface area contributed by atoms with E-state index in [2.05, 4.69) is 29.0 Å². The van der Waals surface area contributed by atoms with Gasteiger partial charge in [-0.25, -0.2) is 8.78 Å². The summed E-state index contributed by atoms with van der Waals surface area (Å²) in [5.41, 5.74) is -0.905. The summed E-state index contributed by atoms with van der Waals surface area (Å²) in [6.45, 7) is 3.30. The number of carbonyl (C=O) groups is 1. The second kappa shape index (κ2) is 6.57. The second-order valence-electron chi connectivity index (χ2n) is 4.92. The van der Waals surface area contributed by atoms with Gasteiger partial charge in [-0.1, -0.05) is 5.92 Å². The van der Waals surface area contributed by atoms with E-state index >= 15 is 0 Å². The largest absolute Gasteiger partial charge is 0.349 e. The van der Waals surface area contributed by atoms with E-state index < -0.39 is 11.5 Å².